The molecule has 0 atom stereocenters. The first-order chi connectivity index (χ1) is 14.2. The Morgan fingerprint density at radius 3 is 2.07 bits per heavy atom. The molecule has 29 heavy (non-hydrogen) atoms. The third-order valence-corrected chi connectivity index (χ3v) is 6.21. The molecule has 0 spiro atoms. The highest BCUT2D eigenvalue weighted by Gasteiger charge is 2.22. The highest BCUT2D eigenvalue weighted by Crippen LogP contribution is 2.32. The maximum atomic E-state index is 13.0. The Labute approximate surface area is 174 Å². The summed E-state index contributed by atoms with van der Waals surface area (Å²) in [6.07, 6.45) is 15.4. The van der Waals surface area contributed by atoms with Crippen molar-refractivity contribution in [3.05, 3.63) is 35.5 Å². The Bertz CT molecular complexity index is 821. The number of hydrogen-bond donors (Lipinski definition) is 1. The molecule has 1 aliphatic rings. The van der Waals surface area contributed by atoms with Crippen LogP contribution in [-0.4, -0.2) is 21.6 Å². The number of para-hydroxylation sites is 1. The summed E-state index contributed by atoms with van der Waals surface area (Å²) in [6.45, 7) is 0. The highest BCUT2D eigenvalue weighted by atomic mass is 16.4. The molecule has 1 aromatic carbocycles. The normalized spacial score (nSPS) is 13.5. The van der Waals surface area contributed by atoms with Gasteiger partial charge in [-0.3, -0.25) is 14.2 Å². The van der Waals surface area contributed by atoms with Crippen molar-refractivity contribution in [3.8, 4) is 0 Å². The van der Waals surface area contributed by atoms with Crippen LogP contribution in [0.25, 0.3) is 10.9 Å². The van der Waals surface area contributed by atoms with Gasteiger partial charge in [0.1, 0.15) is 0 Å². The van der Waals surface area contributed by atoms with Gasteiger partial charge in [-0.1, -0.05) is 63.1 Å². The predicted octanol–water partition coefficient (Wildman–Crippen LogP) is 6.54. The highest BCUT2D eigenvalue weighted by molar-refractivity contribution is 5.96. The van der Waals surface area contributed by atoms with Gasteiger partial charge in [-0.2, -0.15) is 0 Å². The number of carboxylic acids is 1. The standard InChI is InChI=1S/C25H35NO3/c27-24(18-8-6-4-2-1-3-5-7-9-19-25(28)29)26-22-16-12-10-14-20(22)21-15-11-13-17-23(21)26/h10,12,14,16H,1-9,11,13,15,17-19H2,(H,28,29). The Kier molecular flexibility index (Phi) is 8.33. The minimum Gasteiger partial charge on any atom is -0.481 e. The lowest BCUT2D eigenvalue weighted by Crippen LogP contribution is -2.16. The van der Waals surface area contributed by atoms with E-state index in [4.69, 9.17) is 5.11 Å². The molecule has 1 aromatic heterocycles. The van der Waals surface area contributed by atoms with Gasteiger partial charge >= 0.3 is 5.97 Å². The van der Waals surface area contributed by atoms with Gasteiger partial charge in [-0.15, -0.1) is 0 Å². The fraction of sp³-hybridized carbons (Fsp3) is 0.600. The van der Waals surface area contributed by atoms with E-state index in [2.05, 4.69) is 18.2 Å². The number of carboxylic acid groups (broad SMARTS) is 1. The van der Waals surface area contributed by atoms with Gasteiger partial charge in [0.15, 0.2) is 0 Å². The number of benzene rings is 1. The molecule has 4 heteroatoms. The molecule has 0 bridgehead atoms. The van der Waals surface area contributed by atoms with Crippen molar-refractivity contribution in [2.45, 2.75) is 96.3 Å². The zero-order chi connectivity index (χ0) is 20.5. The van der Waals surface area contributed by atoms with Crippen molar-refractivity contribution < 1.29 is 14.7 Å². The molecule has 0 radical (unpaired) electrons. The van der Waals surface area contributed by atoms with E-state index >= 15 is 0 Å². The molecule has 0 saturated heterocycles. The van der Waals surface area contributed by atoms with E-state index in [1.54, 1.807) is 0 Å². The number of fused-ring (bicyclic) bond motifs is 3. The number of carbonyl (C=O) groups is 2. The molecule has 0 fully saturated rings. The van der Waals surface area contributed by atoms with Crippen LogP contribution < -0.4 is 0 Å². The van der Waals surface area contributed by atoms with E-state index in [0.717, 1.165) is 50.5 Å². The molecule has 3 rings (SSSR count). The van der Waals surface area contributed by atoms with Crippen molar-refractivity contribution in [1.29, 1.82) is 0 Å². The fourth-order valence-electron chi connectivity index (χ4n) is 4.68. The molecule has 1 heterocycles. The zero-order valence-corrected chi connectivity index (χ0v) is 17.6. The minimum atomic E-state index is -0.687. The molecular formula is C25H35NO3. The third-order valence-electron chi connectivity index (χ3n) is 6.21. The monoisotopic (exact) mass is 397 g/mol. The van der Waals surface area contributed by atoms with Crippen LogP contribution in [0.5, 0.6) is 0 Å². The van der Waals surface area contributed by atoms with Crippen molar-refractivity contribution in [2.24, 2.45) is 0 Å². The molecule has 1 aliphatic carbocycles. The smallest absolute Gasteiger partial charge is 0.303 e. The van der Waals surface area contributed by atoms with Crippen LogP contribution >= 0.6 is 0 Å². The summed E-state index contributed by atoms with van der Waals surface area (Å²) in [5.74, 6) is -0.421. The summed E-state index contributed by atoms with van der Waals surface area (Å²) in [6, 6.07) is 8.39. The maximum Gasteiger partial charge on any atom is 0.303 e. The maximum absolute atomic E-state index is 13.0. The van der Waals surface area contributed by atoms with E-state index in [1.807, 2.05) is 10.6 Å². The third kappa shape index (κ3) is 5.94. The second-order valence-corrected chi connectivity index (χ2v) is 8.45. The summed E-state index contributed by atoms with van der Waals surface area (Å²) in [4.78, 5) is 23.5. The molecular weight excluding hydrogens is 362 g/mol. The van der Waals surface area contributed by atoms with E-state index in [1.165, 1.54) is 55.2 Å². The van der Waals surface area contributed by atoms with Crippen LogP contribution in [0, 0.1) is 0 Å². The summed E-state index contributed by atoms with van der Waals surface area (Å²) < 4.78 is 2.03. The minimum absolute atomic E-state index is 0.266. The largest absolute Gasteiger partial charge is 0.481 e. The second kappa shape index (κ2) is 11.2. The van der Waals surface area contributed by atoms with Crippen LogP contribution in [0.4, 0.5) is 0 Å². The predicted molar refractivity (Wildman–Crippen MR) is 118 cm³/mol. The van der Waals surface area contributed by atoms with Gasteiger partial charge in [0.05, 0.1) is 5.52 Å². The second-order valence-electron chi connectivity index (χ2n) is 8.45. The first kappa shape index (κ1) is 21.6. The Hall–Kier alpha value is -2.10. The van der Waals surface area contributed by atoms with E-state index < -0.39 is 5.97 Å². The number of aromatic nitrogens is 1. The number of aryl methyl sites for hydroxylation is 1. The molecule has 0 saturated carbocycles. The Balaban J connectivity index is 1.37. The van der Waals surface area contributed by atoms with Crippen LogP contribution in [0.15, 0.2) is 24.3 Å². The number of nitrogens with zero attached hydrogens (tertiary/aromatic N) is 1. The summed E-state index contributed by atoms with van der Waals surface area (Å²) in [5.41, 5.74) is 3.78. The van der Waals surface area contributed by atoms with Gasteiger partial charge in [0.25, 0.3) is 0 Å². The Morgan fingerprint density at radius 2 is 1.38 bits per heavy atom. The number of unbranched alkanes of at least 4 members (excludes halogenated alkanes) is 8. The Morgan fingerprint density at radius 1 is 0.793 bits per heavy atom. The average molecular weight is 398 g/mol. The first-order valence-corrected chi connectivity index (χ1v) is 11.5. The fourth-order valence-corrected chi connectivity index (χ4v) is 4.68. The van der Waals surface area contributed by atoms with Gasteiger partial charge in [-0.05, 0) is 50.2 Å². The van der Waals surface area contributed by atoms with Crippen LogP contribution in [-0.2, 0) is 17.6 Å². The van der Waals surface area contributed by atoms with Gasteiger partial charge in [0.2, 0.25) is 5.91 Å². The van der Waals surface area contributed by atoms with Crippen molar-refractivity contribution in [3.63, 3.8) is 0 Å². The lowest BCUT2D eigenvalue weighted by molar-refractivity contribution is -0.137. The van der Waals surface area contributed by atoms with Crippen LogP contribution in [0.1, 0.15) is 99.5 Å². The van der Waals surface area contributed by atoms with Crippen molar-refractivity contribution >= 4 is 22.8 Å². The van der Waals surface area contributed by atoms with Crippen LogP contribution in [0.3, 0.4) is 0 Å². The van der Waals surface area contributed by atoms with Crippen molar-refractivity contribution in [2.75, 3.05) is 0 Å². The quantitative estimate of drug-likeness (QED) is 0.414. The van der Waals surface area contributed by atoms with Gasteiger partial charge in [0, 0.05) is 23.9 Å². The van der Waals surface area contributed by atoms with Crippen LogP contribution in [0.2, 0.25) is 0 Å². The lowest BCUT2D eigenvalue weighted by Gasteiger charge is -2.15. The SMILES string of the molecule is O=C(O)CCCCCCCCCCCC(=O)n1c2c(c3ccccc31)CCCC2. The molecule has 0 unspecified atom stereocenters. The molecule has 158 valence electrons. The number of carbonyl (C=O) groups excluding carboxylic acids is 1. The van der Waals surface area contributed by atoms with Gasteiger partial charge in [-0.25, -0.2) is 0 Å². The average Bonchev–Trinajstić information content (AvgIpc) is 3.06. The topological polar surface area (TPSA) is 59.3 Å². The zero-order valence-electron chi connectivity index (χ0n) is 17.6. The van der Waals surface area contributed by atoms with Gasteiger partial charge < -0.3 is 5.11 Å². The summed E-state index contributed by atoms with van der Waals surface area (Å²) >= 11 is 0. The van der Waals surface area contributed by atoms with E-state index in [9.17, 15) is 9.59 Å². The van der Waals surface area contributed by atoms with Crippen molar-refractivity contribution in [1.82, 2.24) is 4.57 Å². The molecule has 2 aromatic rings. The molecule has 1 N–H and O–H groups in total. The van der Waals surface area contributed by atoms with E-state index in [-0.39, 0.29) is 5.91 Å². The molecule has 0 aliphatic heterocycles. The number of rotatable bonds is 12. The number of hydrogen-bond acceptors (Lipinski definition) is 2. The number of aliphatic carboxylic acids is 1. The lowest BCUT2D eigenvalue weighted by atomic mass is 9.95. The molecule has 0 amide bonds. The summed E-state index contributed by atoms with van der Waals surface area (Å²) in [7, 11) is 0. The first-order valence-electron chi connectivity index (χ1n) is 11.5. The summed E-state index contributed by atoms with van der Waals surface area (Å²) in [5, 5.41) is 9.90. The van der Waals surface area contributed by atoms with E-state index in [0.29, 0.717) is 12.8 Å². The molecule has 4 nitrogen and oxygen atoms in total.